The molecule has 0 fully saturated rings. The van der Waals surface area contributed by atoms with Crippen LogP contribution in [0.3, 0.4) is 0 Å². The molecule has 0 aliphatic heterocycles. The molecule has 0 saturated carbocycles. The van der Waals surface area contributed by atoms with Crippen molar-refractivity contribution in [1.29, 1.82) is 0 Å². The third kappa shape index (κ3) is 4.97. The summed E-state index contributed by atoms with van der Waals surface area (Å²) in [4.78, 5) is 15.9. The van der Waals surface area contributed by atoms with Crippen molar-refractivity contribution in [2.24, 2.45) is 0 Å². The fourth-order valence-corrected chi connectivity index (χ4v) is 3.35. The number of aromatic nitrogens is 1. The standard InChI is InChI=1S/C23H18Cl2N2O2/c24-21-7-1-15(9-22(21)25)12-26-23-8-2-16(13-27-23)14-29-20-6-4-17-10-19(28)5-3-18(17)11-20/h1-9,11,13H,10,12,14H2,(H,26,27). The van der Waals surface area contributed by atoms with Gasteiger partial charge in [0.25, 0.3) is 0 Å². The number of hydrogen-bond acceptors (Lipinski definition) is 4. The van der Waals surface area contributed by atoms with Crippen molar-refractivity contribution in [3.8, 4) is 5.75 Å². The monoisotopic (exact) mass is 424 g/mol. The zero-order valence-corrected chi connectivity index (χ0v) is 17.0. The summed E-state index contributed by atoms with van der Waals surface area (Å²) in [5, 5.41) is 4.34. The molecule has 0 saturated heterocycles. The molecule has 6 heteroatoms. The Bertz CT molecular complexity index is 1080. The summed E-state index contributed by atoms with van der Waals surface area (Å²) in [5.74, 6) is 1.66. The first kappa shape index (κ1) is 19.5. The van der Waals surface area contributed by atoms with Crippen LogP contribution in [0.5, 0.6) is 5.75 Å². The van der Waals surface area contributed by atoms with Gasteiger partial charge in [0.15, 0.2) is 5.78 Å². The third-order valence-electron chi connectivity index (χ3n) is 4.62. The van der Waals surface area contributed by atoms with Crippen molar-refractivity contribution in [2.45, 2.75) is 19.6 Å². The number of anilines is 1. The van der Waals surface area contributed by atoms with E-state index in [9.17, 15) is 4.79 Å². The third-order valence-corrected chi connectivity index (χ3v) is 5.36. The highest BCUT2D eigenvalue weighted by atomic mass is 35.5. The number of benzene rings is 2. The number of nitrogens with one attached hydrogen (secondary N) is 1. The first-order valence-corrected chi connectivity index (χ1v) is 9.92. The summed E-state index contributed by atoms with van der Waals surface area (Å²) >= 11 is 12.0. The maximum atomic E-state index is 11.5. The Balaban J connectivity index is 1.32. The van der Waals surface area contributed by atoms with Gasteiger partial charge in [-0.15, -0.1) is 0 Å². The number of ketones is 1. The SMILES string of the molecule is O=C1C=Cc2cc(OCc3ccc(NCc4ccc(Cl)c(Cl)c4)nc3)ccc2C1. The van der Waals surface area contributed by atoms with Gasteiger partial charge in [0, 0.05) is 24.7 Å². The summed E-state index contributed by atoms with van der Waals surface area (Å²) in [5.41, 5.74) is 4.05. The van der Waals surface area contributed by atoms with Crippen molar-refractivity contribution in [3.05, 3.63) is 93.1 Å². The van der Waals surface area contributed by atoms with Crippen LogP contribution in [0.1, 0.15) is 22.3 Å². The summed E-state index contributed by atoms with van der Waals surface area (Å²) in [7, 11) is 0. The molecule has 146 valence electrons. The predicted octanol–water partition coefficient (Wildman–Crippen LogP) is 5.72. The Morgan fingerprint density at radius 1 is 0.966 bits per heavy atom. The number of nitrogens with zero attached hydrogens (tertiary/aromatic N) is 1. The Labute approximate surface area is 179 Å². The molecular weight excluding hydrogens is 407 g/mol. The van der Waals surface area contributed by atoms with E-state index in [4.69, 9.17) is 27.9 Å². The highest BCUT2D eigenvalue weighted by molar-refractivity contribution is 6.42. The number of fused-ring (bicyclic) bond motifs is 1. The fraction of sp³-hybridized carbons (Fsp3) is 0.130. The average molecular weight is 425 g/mol. The zero-order chi connectivity index (χ0) is 20.2. The highest BCUT2D eigenvalue weighted by Crippen LogP contribution is 2.24. The van der Waals surface area contributed by atoms with Crippen molar-refractivity contribution in [3.63, 3.8) is 0 Å². The molecule has 1 heterocycles. The molecular formula is C23H18Cl2N2O2. The molecule has 29 heavy (non-hydrogen) atoms. The molecule has 1 N–H and O–H groups in total. The van der Waals surface area contributed by atoms with Gasteiger partial charge in [-0.3, -0.25) is 4.79 Å². The minimum Gasteiger partial charge on any atom is -0.489 e. The number of allylic oxidation sites excluding steroid dienone is 1. The van der Waals surface area contributed by atoms with Crippen molar-refractivity contribution in [1.82, 2.24) is 4.98 Å². The Kier molecular flexibility index (Phi) is 5.84. The van der Waals surface area contributed by atoms with E-state index < -0.39 is 0 Å². The molecule has 4 rings (SSSR count). The Morgan fingerprint density at radius 2 is 1.83 bits per heavy atom. The number of halogens is 2. The molecule has 1 aromatic heterocycles. The van der Waals surface area contributed by atoms with Crippen LogP contribution in [-0.2, 0) is 24.4 Å². The van der Waals surface area contributed by atoms with Gasteiger partial charge in [-0.2, -0.15) is 0 Å². The molecule has 3 aromatic rings. The van der Waals surface area contributed by atoms with E-state index in [2.05, 4.69) is 10.3 Å². The minimum absolute atomic E-state index is 0.130. The van der Waals surface area contributed by atoms with Gasteiger partial charge in [-0.1, -0.05) is 47.5 Å². The molecule has 0 atom stereocenters. The lowest BCUT2D eigenvalue weighted by Gasteiger charge is -2.12. The van der Waals surface area contributed by atoms with Crippen LogP contribution in [0, 0.1) is 0 Å². The van der Waals surface area contributed by atoms with Gasteiger partial charge < -0.3 is 10.1 Å². The smallest absolute Gasteiger partial charge is 0.160 e. The van der Waals surface area contributed by atoms with Gasteiger partial charge in [-0.25, -0.2) is 4.98 Å². The van der Waals surface area contributed by atoms with Crippen LogP contribution in [0.15, 0.2) is 60.8 Å². The van der Waals surface area contributed by atoms with E-state index in [1.807, 2.05) is 48.5 Å². The summed E-state index contributed by atoms with van der Waals surface area (Å²) in [6, 6.07) is 15.2. The summed E-state index contributed by atoms with van der Waals surface area (Å²) in [6.07, 6.45) is 5.69. The summed E-state index contributed by atoms with van der Waals surface area (Å²) < 4.78 is 5.87. The van der Waals surface area contributed by atoms with Crippen LogP contribution in [0.2, 0.25) is 10.0 Å². The van der Waals surface area contributed by atoms with Crippen LogP contribution in [0.4, 0.5) is 5.82 Å². The van der Waals surface area contributed by atoms with Crippen molar-refractivity contribution < 1.29 is 9.53 Å². The van der Waals surface area contributed by atoms with Gasteiger partial charge >= 0.3 is 0 Å². The van der Waals surface area contributed by atoms with Crippen LogP contribution in [-0.4, -0.2) is 10.8 Å². The summed E-state index contributed by atoms with van der Waals surface area (Å²) in [6.45, 7) is 1.02. The fourth-order valence-electron chi connectivity index (χ4n) is 3.03. The van der Waals surface area contributed by atoms with Gasteiger partial charge in [-0.05, 0) is 53.1 Å². The largest absolute Gasteiger partial charge is 0.489 e. The first-order valence-electron chi connectivity index (χ1n) is 9.16. The number of carbonyl (C=O) groups is 1. The van der Waals surface area contributed by atoms with E-state index in [0.29, 0.717) is 29.6 Å². The molecule has 4 nitrogen and oxygen atoms in total. The van der Waals surface area contributed by atoms with Gasteiger partial charge in [0.1, 0.15) is 18.2 Å². The molecule has 1 aliphatic rings. The van der Waals surface area contributed by atoms with E-state index in [1.54, 1.807) is 18.3 Å². The second-order valence-corrected chi connectivity index (χ2v) is 7.59. The van der Waals surface area contributed by atoms with Crippen molar-refractivity contribution in [2.75, 3.05) is 5.32 Å². The number of pyridine rings is 1. The first-order chi connectivity index (χ1) is 14.1. The minimum atomic E-state index is 0.130. The number of ether oxygens (including phenoxy) is 1. The number of rotatable bonds is 6. The Hall–Kier alpha value is -2.82. The molecule has 0 spiro atoms. The average Bonchev–Trinajstić information content (AvgIpc) is 2.74. The lowest BCUT2D eigenvalue weighted by Crippen LogP contribution is -2.05. The molecule has 0 radical (unpaired) electrons. The lowest BCUT2D eigenvalue weighted by atomic mass is 9.96. The second-order valence-electron chi connectivity index (χ2n) is 6.78. The number of hydrogen-bond donors (Lipinski definition) is 1. The molecule has 1 aliphatic carbocycles. The second kappa shape index (κ2) is 8.68. The molecule has 0 bridgehead atoms. The van der Waals surface area contributed by atoms with E-state index >= 15 is 0 Å². The maximum absolute atomic E-state index is 11.5. The number of carbonyl (C=O) groups excluding carboxylic acids is 1. The molecule has 2 aromatic carbocycles. The van der Waals surface area contributed by atoms with Gasteiger partial charge in [0.05, 0.1) is 10.0 Å². The van der Waals surface area contributed by atoms with E-state index in [0.717, 1.165) is 33.8 Å². The van der Waals surface area contributed by atoms with Crippen molar-refractivity contribution >= 4 is 40.9 Å². The van der Waals surface area contributed by atoms with E-state index in [1.165, 1.54) is 0 Å². The quantitative estimate of drug-likeness (QED) is 0.549. The van der Waals surface area contributed by atoms with Crippen LogP contribution < -0.4 is 10.1 Å². The highest BCUT2D eigenvalue weighted by Gasteiger charge is 2.11. The van der Waals surface area contributed by atoms with Crippen LogP contribution >= 0.6 is 23.2 Å². The Morgan fingerprint density at radius 3 is 2.62 bits per heavy atom. The maximum Gasteiger partial charge on any atom is 0.160 e. The normalized spacial score (nSPS) is 12.6. The molecule has 0 amide bonds. The van der Waals surface area contributed by atoms with Crippen LogP contribution in [0.25, 0.3) is 6.08 Å². The topological polar surface area (TPSA) is 51.2 Å². The van der Waals surface area contributed by atoms with Gasteiger partial charge in [0.2, 0.25) is 0 Å². The van der Waals surface area contributed by atoms with E-state index in [-0.39, 0.29) is 5.78 Å². The zero-order valence-electron chi connectivity index (χ0n) is 15.5. The molecule has 0 unspecified atom stereocenters. The lowest BCUT2D eigenvalue weighted by molar-refractivity contribution is -0.114. The predicted molar refractivity (Wildman–Crippen MR) is 117 cm³/mol.